The smallest absolute Gasteiger partial charge is 0.205 e. The fourth-order valence-corrected chi connectivity index (χ4v) is 1.37. The molecule has 0 saturated heterocycles. The van der Waals surface area contributed by atoms with E-state index in [0.29, 0.717) is 0 Å². The first-order valence-corrected chi connectivity index (χ1v) is 4.35. The Bertz CT molecular complexity index is 573. The molecule has 0 N–H and O–H groups in total. The standard InChI is InChI=1S/C11H3F6N/c1-2-5-8(12)7(11(15,16)17)6(3-4-18)10(14)9(5)13/h1H,3H2. The maximum atomic E-state index is 13.4. The van der Waals surface area contributed by atoms with Crippen molar-refractivity contribution in [1.82, 2.24) is 0 Å². The van der Waals surface area contributed by atoms with Crippen LogP contribution < -0.4 is 0 Å². The minimum atomic E-state index is -5.28. The van der Waals surface area contributed by atoms with Crippen molar-refractivity contribution in [1.29, 1.82) is 5.26 Å². The molecule has 0 spiro atoms. The van der Waals surface area contributed by atoms with Crippen LogP contribution in [0.1, 0.15) is 16.7 Å². The second-order valence-corrected chi connectivity index (χ2v) is 3.15. The summed E-state index contributed by atoms with van der Waals surface area (Å²) in [4.78, 5) is 0. The van der Waals surface area contributed by atoms with Gasteiger partial charge in [-0.15, -0.1) is 6.42 Å². The van der Waals surface area contributed by atoms with Crippen LogP contribution >= 0.6 is 0 Å². The maximum Gasteiger partial charge on any atom is 0.419 e. The number of nitriles is 1. The van der Waals surface area contributed by atoms with E-state index in [9.17, 15) is 26.3 Å². The predicted molar refractivity (Wildman–Crippen MR) is 48.6 cm³/mol. The largest absolute Gasteiger partial charge is 0.419 e. The van der Waals surface area contributed by atoms with Gasteiger partial charge in [-0.2, -0.15) is 18.4 Å². The molecule has 0 aromatic heterocycles. The molecular weight excluding hydrogens is 260 g/mol. The summed E-state index contributed by atoms with van der Waals surface area (Å²) in [5.41, 5.74) is -4.88. The first kappa shape index (κ1) is 13.9. The van der Waals surface area contributed by atoms with E-state index >= 15 is 0 Å². The van der Waals surface area contributed by atoms with Gasteiger partial charge in [0.1, 0.15) is 0 Å². The van der Waals surface area contributed by atoms with Gasteiger partial charge in [-0.25, -0.2) is 13.2 Å². The highest BCUT2D eigenvalue weighted by atomic mass is 19.4. The molecule has 0 aliphatic carbocycles. The highest BCUT2D eigenvalue weighted by Crippen LogP contribution is 2.37. The molecular formula is C11H3F6N. The Morgan fingerprint density at radius 3 is 2.00 bits per heavy atom. The van der Waals surface area contributed by atoms with Crippen LogP contribution in [0.4, 0.5) is 26.3 Å². The highest BCUT2D eigenvalue weighted by molar-refractivity contribution is 5.46. The Hall–Kier alpha value is -2.15. The summed E-state index contributed by atoms with van der Waals surface area (Å²) >= 11 is 0. The van der Waals surface area contributed by atoms with Gasteiger partial charge in [0.15, 0.2) is 17.5 Å². The van der Waals surface area contributed by atoms with Gasteiger partial charge < -0.3 is 0 Å². The Labute approximate surface area is 97.6 Å². The van der Waals surface area contributed by atoms with Crippen LogP contribution in [-0.4, -0.2) is 0 Å². The van der Waals surface area contributed by atoms with Crippen LogP contribution in [0.2, 0.25) is 0 Å². The fourth-order valence-electron chi connectivity index (χ4n) is 1.37. The molecule has 18 heavy (non-hydrogen) atoms. The molecule has 94 valence electrons. The van der Waals surface area contributed by atoms with Gasteiger partial charge in [-0.05, 0) is 0 Å². The van der Waals surface area contributed by atoms with E-state index in [-0.39, 0.29) is 0 Å². The lowest BCUT2D eigenvalue weighted by atomic mass is 9.99. The molecule has 1 rings (SSSR count). The van der Waals surface area contributed by atoms with Crippen molar-refractivity contribution >= 4 is 0 Å². The molecule has 0 bridgehead atoms. The minimum absolute atomic E-state index is 1.13. The third-order valence-corrected chi connectivity index (χ3v) is 2.10. The Morgan fingerprint density at radius 2 is 1.61 bits per heavy atom. The summed E-state index contributed by atoms with van der Waals surface area (Å²) in [6, 6.07) is 1.20. The summed E-state index contributed by atoms with van der Waals surface area (Å²) in [6.45, 7) is 0. The molecule has 0 amide bonds. The maximum absolute atomic E-state index is 13.4. The molecule has 0 saturated carbocycles. The lowest BCUT2D eigenvalue weighted by Crippen LogP contribution is -2.17. The number of benzene rings is 1. The normalized spacial score (nSPS) is 10.9. The van der Waals surface area contributed by atoms with Crippen molar-refractivity contribution in [3.8, 4) is 18.4 Å². The Morgan fingerprint density at radius 1 is 1.06 bits per heavy atom. The molecule has 1 aromatic carbocycles. The van der Waals surface area contributed by atoms with Crippen molar-refractivity contribution in [3.05, 3.63) is 34.1 Å². The van der Waals surface area contributed by atoms with Gasteiger partial charge in [-0.3, -0.25) is 0 Å². The van der Waals surface area contributed by atoms with Gasteiger partial charge in [0.2, 0.25) is 0 Å². The van der Waals surface area contributed by atoms with Gasteiger partial charge in [-0.1, -0.05) is 5.92 Å². The molecule has 1 nitrogen and oxygen atoms in total. The molecule has 0 radical (unpaired) electrons. The molecule has 0 atom stereocenters. The third kappa shape index (κ3) is 2.12. The van der Waals surface area contributed by atoms with E-state index in [2.05, 4.69) is 6.42 Å². The third-order valence-electron chi connectivity index (χ3n) is 2.10. The number of rotatable bonds is 1. The van der Waals surface area contributed by atoms with E-state index in [0.717, 1.165) is 0 Å². The minimum Gasteiger partial charge on any atom is -0.205 e. The lowest BCUT2D eigenvalue weighted by Gasteiger charge is -2.15. The average molecular weight is 263 g/mol. The average Bonchev–Trinajstić information content (AvgIpc) is 2.25. The molecule has 0 unspecified atom stereocenters. The molecule has 0 heterocycles. The first-order valence-electron chi connectivity index (χ1n) is 4.35. The van der Waals surface area contributed by atoms with E-state index in [4.69, 9.17) is 5.26 Å². The molecule has 1 aromatic rings. The number of halogens is 6. The zero-order valence-corrected chi connectivity index (χ0v) is 8.50. The summed E-state index contributed by atoms with van der Waals surface area (Å²) in [5.74, 6) is -4.64. The van der Waals surface area contributed by atoms with Crippen LogP contribution in [0.5, 0.6) is 0 Å². The number of nitrogens with zero attached hydrogens (tertiary/aromatic N) is 1. The van der Waals surface area contributed by atoms with Gasteiger partial charge in [0.05, 0.1) is 23.6 Å². The molecule has 7 heteroatoms. The van der Waals surface area contributed by atoms with Crippen LogP contribution in [0.15, 0.2) is 0 Å². The number of terminal acetylenes is 1. The van der Waals surface area contributed by atoms with Crippen molar-refractivity contribution in [2.75, 3.05) is 0 Å². The lowest BCUT2D eigenvalue weighted by molar-refractivity contribution is -0.140. The van der Waals surface area contributed by atoms with E-state index in [1.165, 1.54) is 12.0 Å². The second-order valence-electron chi connectivity index (χ2n) is 3.15. The SMILES string of the molecule is C#Cc1c(F)c(F)c(CC#N)c(C(F)(F)F)c1F. The zero-order chi connectivity index (χ0) is 14.1. The predicted octanol–water partition coefficient (Wildman–Crippen LogP) is 3.17. The van der Waals surface area contributed by atoms with Crippen LogP contribution in [-0.2, 0) is 12.6 Å². The summed E-state index contributed by atoms with van der Waals surface area (Å²) in [6.07, 6.45) is -1.78. The first-order chi connectivity index (χ1) is 8.25. The van der Waals surface area contributed by atoms with Gasteiger partial charge >= 0.3 is 6.18 Å². The summed E-state index contributed by atoms with van der Waals surface area (Å²) in [5, 5.41) is 8.27. The van der Waals surface area contributed by atoms with E-state index in [1.54, 1.807) is 0 Å². The van der Waals surface area contributed by atoms with Crippen LogP contribution in [0.3, 0.4) is 0 Å². The van der Waals surface area contributed by atoms with Crippen molar-refractivity contribution in [3.63, 3.8) is 0 Å². The summed E-state index contributed by atoms with van der Waals surface area (Å²) < 4.78 is 77.6. The number of alkyl halides is 3. The van der Waals surface area contributed by atoms with Crippen molar-refractivity contribution < 1.29 is 26.3 Å². The second kappa shape index (κ2) is 4.61. The van der Waals surface area contributed by atoms with E-state index < -0.39 is 46.7 Å². The molecule has 0 aliphatic heterocycles. The molecule has 0 aliphatic rings. The number of hydrogen-bond donors (Lipinski definition) is 0. The Balaban J connectivity index is 3.84. The zero-order valence-electron chi connectivity index (χ0n) is 8.50. The topological polar surface area (TPSA) is 23.8 Å². The van der Waals surface area contributed by atoms with Gasteiger partial charge in [0, 0.05) is 5.56 Å². The quantitative estimate of drug-likeness (QED) is 0.433. The monoisotopic (exact) mass is 263 g/mol. The van der Waals surface area contributed by atoms with Crippen LogP contribution in [0.25, 0.3) is 0 Å². The van der Waals surface area contributed by atoms with Gasteiger partial charge in [0.25, 0.3) is 0 Å². The van der Waals surface area contributed by atoms with E-state index in [1.807, 2.05) is 0 Å². The van der Waals surface area contributed by atoms with Crippen molar-refractivity contribution in [2.24, 2.45) is 0 Å². The van der Waals surface area contributed by atoms with Crippen molar-refractivity contribution in [2.45, 2.75) is 12.6 Å². The Kier molecular flexibility index (Phi) is 3.57. The summed E-state index contributed by atoms with van der Waals surface area (Å²) in [7, 11) is 0. The number of hydrogen-bond acceptors (Lipinski definition) is 1. The highest BCUT2D eigenvalue weighted by Gasteiger charge is 2.41. The molecule has 0 fully saturated rings. The van der Waals surface area contributed by atoms with Crippen LogP contribution in [0, 0.1) is 41.1 Å². The fraction of sp³-hybridized carbons (Fsp3) is 0.182.